The van der Waals surface area contributed by atoms with Gasteiger partial charge in [-0.1, -0.05) is 27.2 Å². The summed E-state index contributed by atoms with van der Waals surface area (Å²) in [6.07, 6.45) is 4.13. The van der Waals surface area contributed by atoms with Gasteiger partial charge in [-0.25, -0.2) is 0 Å². The van der Waals surface area contributed by atoms with E-state index in [0.29, 0.717) is 41.7 Å². The smallest absolute Gasteiger partial charge is 0.254 e. The van der Waals surface area contributed by atoms with Gasteiger partial charge < -0.3 is 23.8 Å². The maximum Gasteiger partial charge on any atom is 0.254 e. The average Bonchev–Trinajstić information content (AvgIpc) is 3.58. The van der Waals surface area contributed by atoms with Gasteiger partial charge in [0.05, 0.1) is 0 Å². The number of hydrogen-bond donors (Lipinski definition) is 0. The zero-order chi connectivity index (χ0) is 25.1. The Morgan fingerprint density at radius 3 is 2.75 bits per heavy atom. The molecule has 3 heterocycles. The highest BCUT2D eigenvalue weighted by molar-refractivity contribution is 9.10. The Morgan fingerprint density at radius 2 is 1.94 bits per heavy atom. The van der Waals surface area contributed by atoms with Gasteiger partial charge in [-0.15, -0.1) is 6.58 Å². The van der Waals surface area contributed by atoms with Crippen molar-refractivity contribution >= 4 is 27.7 Å². The number of nitrogens with zero attached hydrogens (tertiary/aromatic N) is 4. The maximum absolute atomic E-state index is 13.5. The molecule has 0 bridgehead atoms. The molecule has 186 valence electrons. The summed E-state index contributed by atoms with van der Waals surface area (Å²) in [6.45, 7) is 4.57. The molecule has 2 amide bonds. The normalized spacial score (nSPS) is 16.6. The second-order valence-electron chi connectivity index (χ2n) is 8.60. The van der Waals surface area contributed by atoms with Crippen LogP contribution in [0.5, 0.6) is 11.5 Å². The lowest BCUT2D eigenvalue weighted by molar-refractivity contribution is -0.136. The standard InChI is InChI=1S/C26H25BrN4O5/c1-2-12-30(26(33)18-8-11-21-22(14-18)35-16-34-21)15-23(32)31-13-4-3-5-20(31)25-28-24(29-36-25)17-6-9-19(27)10-7-17/h2,6-11,14,20H,1,3-5,12-13,15-16H2. The highest BCUT2D eigenvalue weighted by atomic mass is 79.9. The van der Waals surface area contributed by atoms with Crippen molar-refractivity contribution in [3.63, 3.8) is 0 Å². The van der Waals surface area contributed by atoms with Crippen molar-refractivity contribution in [1.29, 1.82) is 0 Å². The lowest BCUT2D eigenvalue weighted by atomic mass is 10.0. The molecule has 1 unspecified atom stereocenters. The van der Waals surface area contributed by atoms with E-state index in [1.165, 1.54) is 4.90 Å². The van der Waals surface area contributed by atoms with Gasteiger partial charge in [-0.3, -0.25) is 9.59 Å². The Balaban J connectivity index is 1.32. The lowest BCUT2D eigenvalue weighted by Crippen LogP contribution is -2.46. The number of amides is 2. The Kier molecular flexibility index (Phi) is 7.04. The molecule has 0 radical (unpaired) electrons. The molecular formula is C26H25BrN4O5. The van der Waals surface area contributed by atoms with Gasteiger partial charge in [0.2, 0.25) is 24.4 Å². The fourth-order valence-electron chi connectivity index (χ4n) is 4.41. The maximum atomic E-state index is 13.5. The monoisotopic (exact) mass is 552 g/mol. The number of likely N-dealkylation sites (tertiary alicyclic amines) is 1. The van der Waals surface area contributed by atoms with Gasteiger partial charge in [-0.2, -0.15) is 4.98 Å². The van der Waals surface area contributed by atoms with Crippen molar-refractivity contribution in [2.24, 2.45) is 0 Å². The summed E-state index contributed by atoms with van der Waals surface area (Å²) in [5.41, 5.74) is 1.24. The molecule has 3 aromatic rings. The zero-order valence-electron chi connectivity index (χ0n) is 19.6. The van der Waals surface area contributed by atoms with E-state index in [1.54, 1.807) is 29.2 Å². The van der Waals surface area contributed by atoms with Crippen LogP contribution in [0.4, 0.5) is 0 Å². The van der Waals surface area contributed by atoms with Crippen molar-refractivity contribution in [2.45, 2.75) is 25.3 Å². The topological polar surface area (TPSA) is 98.0 Å². The van der Waals surface area contributed by atoms with Gasteiger partial charge in [-0.05, 0) is 61.7 Å². The molecule has 10 heteroatoms. The van der Waals surface area contributed by atoms with Crippen LogP contribution in [0, 0.1) is 0 Å². The van der Waals surface area contributed by atoms with Gasteiger partial charge >= 0.3 is 0 Å². The molecule has 0 N–H and O–H groups in total. The Hall–Kier alpha value is -3.66. The van der Waals surface area contributed by atoms with Gasteiger partial charge in [0.1, 0.15) is 12.6 Å². The number of aromatic nitrogens is 2. The first-order valence-electron chi connectivity index (χ1n) is 11.7. The predicted octanol–water partition coefficient (Wildman–Crippen LogP) is 4.61. The SMILES string of the molecule is C=CCN(CC(=O)N1CCCCC1c1nc(-c2ccc(Br)cc2)no1)C(=O)c1ccc2c(c1)OCO2. The van der Waals surface area contributed by atoms with Crippen LogP contribution < -0.4 is 9.47 Å². The summed E-state index contributed by atoms with van der Waals surface area (Å²) in [5, 5.41) is 4.13. The second-order valence-corrected chi connectivity index (χ2v) is 9.52. The van der Waals surface area contributed by atoms with Crippen molar-refractivity contribution in [1.82, 2.24) is 19.9 Å². The van der Waals surface area contributed by atoms with Crippen LogP contribution in [0.3, 0.4) is 0 Å². The number of benzene rings is 2. The van der Waals surface area contributed by atoms with Crippen LogP contribution in [0.25, 0.3) is 11.4 Å². The van der Waals surface area contributed by atoms with Crippen molar-refractivity contribution in [2.75, 3.05) is 26.4 Å². The number of halogens is 1. The number of carbonyl (C=O) groups is 2. The molecule has 5 rings (SSSR count). The van der Waals surface area contributed by atoms with Crippen molar-refractivity contribution < 1.29 is 23.6 Å². The third kappa shape index (κ3) is 4.99. The number of carbonyl (C=O) groups excluding carboxylic acids is 2. The molecule has 0 aliphatic carbocycles. The first-order chi connectivity index (χ1) is 17.5. The van der Waals surface area contributed by atoms with Gasteiger partial charge in [0.15, 0.2) is 11.5 Å². The molecule has 2 aliphatic rings. The van der Waals surface area contributed by atoms with E-state index in [4.69, 9.17) is 14.0 Å². The molecule has 1 fully saturated rings. The quantitative estimate of drug-likeness (QED) is 0.394. The van der Waals surface area contributed by atoms with Crippen molar-refractivity contribution in [3.05, 3.63) is 71.0 Å². The van der Waals surface area contributed by atoms with E-state index in [9.17, 15) is 9.59 Å². The summed E-state index contributed by atoms with van der Waals surface area (Å²) in [7, 11) is 0. The van der Waals surface area contributed by atoms with Crippen molar-refractivity contribution in [3.8, 4) is 22.9 Å². The highest BCUT2D eigenvalue weighted by Crippen LogP contribution is 2.34. The van der Waals surface area contributed by atoms with E-state index < -0.39 is 0 Å². The number of piperidine rings is 1. The highest BCUT2D eigenvalue weighted by Gasteiger charge is 2.33. The fraction of sp³-hybridized carbons (Fsp3) is 0.308. The molecule has 9 nitrogen and oxygen atoms in total. The predicted molar refractivity (Wildman–Crippen MR) is 134 cm³/mol. The van der Waals surface area contributed by atoms with Crippen LogP contribution in [0.2, 0.25) is 0 Å². The molecule has 36 heavy (non-hydrogen) atoms. The summed E-state index contributed by atoms with van der Waals surface area (Å²) >= 11 is 3.42. The van der Waals surface area contributed by atoms with E-state index in [-0.39, 0.29) is 37.7 Å². The first kappa shape index (κ1) is 24.1. The minimum atomic E-state index is -0.339. The van der Waals surface area contributed by atoms with E-state index >= 15 is 0 Å². The summed E-state index contributed by atoms with van der Waals surface area (Å²) < 4.78 is 17.3. The molecule has 1 atom stereocenters. The van der Waals surface area contributed by atoms with Crippen LogP contribution in [-0.4, -0.2) is 58.2 Å². The van der Waals surface area contributed by atoms with E-state index in [0.717, 1.165) is 22.9 Å². The Labute approximate surface area is 216 Å². The zero-order valence-corrected chi connectivity index (χ0v) is 21.1. The minimum Gasteiger partial charge on any atom is -0.454 e. The first-order valence-corrected chi connectivity index (χ1v) is 12.5. The number of fused-ring (bicyclic) bond motifs is 1. The lowest BCUT2D eigenvalue weighted by Gasteiger charge is -2.35. The molecule has 2 aliphatic heterocycles. The number of ether oxygens (including phenoxy) is 2. The third-order valence-corrected chi connectivity index (χ3v) is 6.76. The van der Waals surface area contributed by atoms with E-state index in [2.05, 4.69) is 32.6 Å². The Bertz CT molecular complexity index is 1280. The fourth-order valence-corrected chi connectivity index (χ4v) is 4.68. The van der Waals surface area contributed by atoms with Gasteiger partial charge in [0.25, 0.3) is 5.91 Å². The summed E-state index contributed by atoms with van der Waals surface area (Å²) in [6, 6.07) is 12.3. The van der Waals surface area contributed by atoms with Gasteiger partial charge in [0, 0.05) is 28.7 Å². The molecule has 0 spiro atoms. The van der Waals surface area contributed by atoms with Crippen LogP contribution in [0.15, 0.2) is 64.1 Å². The number of hydrogen-bond acceptors (Lipinski definition) is 7. The molecule has 1 aromatic heterocycles. The largest absolute Gasteiger partial charge is 0.454 e. The van der Waals surface area contributed by atoms with E-state index in [1.807, 2.05) is 24.3 Å². The minimum absolute atomic E-state index is 0.0937. The Morgan fingerprint density at radius 1 is 1.14 bits per heavy atom. The molecule has 1 saturated heterocycles. The molecule has 0 saturated carbocycles. The molecule has 2 aromatic carbocycles. The summed E-state index contributed by atoms with van der Waals surface area (Å²) in [4.78, 5) is 34.5. The van der Waals surface area contributed by atoms with Crippen LogP contribution in [0.1, 0.15) is 41.6 Å². The number of rotatable bonds is 7. The second kappa shape index (κ2) is 10.5. The van der Waals surface area contributed by atoms with Crippen LogP contribution in [-0.2, 0) is 4.79 Å². The summed E-state index contributed by atoms with van der Waals surface area (Å²) in [5.74, 6) is 1.51. The van der Waals surface area contributed by atoms with Crippen LogP contribution >= 0.6 is 15.9 Å². The third-order valence-electron chi connectivity index (χ3n) is 6.23. The molecular weight excluding hydrogens is 528 g/mol. The average molecular weight is 553 g/mol.